The third-order valence-electron chi connectivity index (χ3n) is 3.72. The molecule has 1 amide bonds. The Bertz CT molecular complexity index is 893. The van der Waals surface area contributed by atoms with E-state index in [0.717, 1.165) is 11.3 Å². The van der Waals surface area contributed by atoms with Crippen molar-refractivity contribution >= 4 is 5.91 Å². The second-order valence-electron chi connectivity index (χ2n) is 5.67. The molecular formula is C20H15F3N2O2. The number of benzene rings is 2. The number of carbonyl (C=O) groups is 1. The van der Waals surface area contributed by atoms with Crippen LogP contribution >= 0.6 is 0 Å². The maximum absolute atomic E-state index is 12.2. The van der Waals surface area contributed by atoms with E-state index in [4.69, 9.17) is 0 Å². The monoisotopic (exact) mass is 372 g/mol. The first-order valence-corrected chi connectivity index (χ1v) is 8.05. The van der Waals surface area contributed by atoms with Gasteiger partial charge in [-0.2, -0.15) is 0 Å². The molecule has 3 rings (SSSR count). The molecule has 1 aromatic heterocycles. The predicted molar refractivity (Wildman–Crippen MR) is 94.0 cm³/mol. The predicted octanol–water partition coefficient (Wildman–Crippen LogP) is 4.58. The molecule has 0 saturated carbocycles. The van der Waals surface area contributed by atoms with E-state index in [-0.39, 0.29) is 18.2 Å². The van der Waals surface area contributed by atoms with Crippen molar-refractivity contribution in [2.75, 3.05) is 0 Å². The summed E-state index contributed by atoms with van der Waals surface area (Å²) in [5.74, 6) is -0.583. The molecule has 0 aliphatic rings. The number of aromatic nitrogens is 1. The van der Waals surface area contributed by atoms with Crippen molar-refractivity contribution in [3.8, 4) is 17.0 Å². The van der Waals surface area contributed by atoms with Gasteiger partial charge in [-0.15, -0.1) is 13.2 Å². The van der Waals surface area contributed by atoms with Crippen molar-refractivity contribution < 1.29 is 22.7 Å². The van der Waals surface area contributed by atoms with Gasteiger partial charge in [-0.05, 0) is 42.0 Å². The van der Waals surface area contributed by atoms with Crippen LogP contribution in [0.25, 0.3) is 11.3 Å². The number of hydrogen-bond acceptors (Lipinski definition) is 3. The highest BCUT2D eigenvalue weighted by Gasteiger charge is 2.30. The summed E-state index contributed by atoms with van der Waals surface area (Å²) in [5.41, 5.74) is 2.84. The second kappa shape index (κ2) is 7.90. The first kappa shape index (κ1) is 18.4. The zero-order chi connectivity index (χ0) is 19.3. The Balaban J connectivity index is 1.58. The van der Waals surface area contributed by atoms with Crippen molar-refractivity contribution in [1.29, 1.82) is 0 Å². The van der Waals surface area contributed by atoms with Gasteiger partial charge in [0.15, 0.2) is 0 Å². The summed E-state index contributed by atoms with van der Waals surface area (Å²) in [6.07, 6.45) is -3.03. The van der Waals surface area contributed by atoms with Crippen LogP contribution in [0.3, 0.4) is 0 Å². The molecule has 4 nitrogen and oxygen atoms in total. The largest absolute Gasteiger partial charge is 0.573 e. The van der Waals surface area contributed by atoms with E-state index in [1.807, 2.05) is 18.2 Å². The lowest BCUT2D eigenvalue weighted by atomic mass is 10.1. The maximum Gasteiger partial charge on any atom is 0.573 e. The number of alkyl halides is 3. The first-order chi connectivity index (χ1) is 12.9. The van der Waals surface area contributed by atoms with E-state index in [1.165, 1.54) is 24.3 Å². The molecule has 0 aliphatic carbocycles. The van der Waals surface area contributed by atoms with E-state index >= 15 is 0 Å². The lowest BCUT2D eigenvalue weighted by Crippen LogP contribution is -2.22. The molecule has 0 atom stereocenters. The smallest absolute Gasteiger partial charge is 0.406 e. The summed E-state index contributed by atoms with van der Waals surface area (Å²) in [6, 6.07) is 17.9. The Hall–Kier alpha value is -3.35. The van der Waals surface area contributed by atoms with Gasteiger partial charge < -0.3 is 10.1 Å². The molecule has 0 aliphatic heterocycles. The molecule has 0 radical (unpaired) electrons. The average Bonchev–Trinajstić information content (AvgIpc) is 2.67. The van der Waals surface area contributed by atoms with E-state index < -0.39 is 6.36 Å². The standard InChI is InChI=1S/C20H15F3N2O2/c21-20(22,23)27-17-10-4-14(5-11-17)13-25-19(26)16-8-6-15(7-9-16)18-3-1-2-12-24-18/h1-12H,13H2,(H,25,26). The molecule has 0 unspecified atom stereocenters. The van der Waals surface area contributed by atoms with Crippen LogP contribution in [0.2, 0.25) is 0 Å². The van der Waals surface area contributed by atoms with Gasteiger partial charge in [0.1, 0.15) is 5.75 Å². The number of hydrogen-bond donors (Lipinski definition) is 1. The summed E-state index contributed by atoms with van der Waals surface area (Å²) in [6.45, 7) is 0.188. The highest BCUT2D eigenvalue weighted by molar-refractivity contribution is 5.94. The minimum Gasteiger partial charge on any atom is -0.406 e. The number of carbonyl (C=O) groups excluding carboxylic acids is 1. The van der Waals surface area contributed by atoms with E-state index in [2.05, 4.69) is 15.0 Å². The third-order valence-corrected chi connectivity index (χ3v) is 3.72. The van der Waals surface area contributed by atoms with Crippen molar-refractivity contribution in [2.45, 2.75) is 12.9 Å². The summed E-state index contributed by atoms with van der Waals surface area (Å²) < 4.78 is 40.2. The van der Waals surface area contributed by atoms with E-state index in [0.29, 0.717) is 11.1 Å². The summed E-state index contributed by atoms with van der Waals surface area (Å²) in [5, 5.41) is 2.72. The van der Waals surface area contributed by atoms with Crippen LogP contribution in [0.1, 0.15) is 15.9 Å². The molecule has 0 fully saturated rings. The van der Waals surface area contributed by atoms with Crippen LogP contribution in [0, 0.1) is 0 Å². The highest BCUT2D eigenvalue weighted by Crippen LogP contribution is 2.22. The zero-order valence-electron chi connectivity index (χ0n) is 14.0. The third kappa shape index (κ3) is 5.31. The maximum atomic E-state index is 12.2. The quantitative estimate of drug-likeness (QED) is 0.713. The van der Waals surface area contributed by atoms with Gasteiger partial charge in [0.05, 0.1) is 5.69 Å². The van der Waals surface area contributed by atoms with Gasteiger partial charge in [-0.25, -0.2) is 0 Å². The van der Waals surface area contributed by atoms with Crippen LogP contribution in [0.15, 0.2) is 72.9 Å². The molecule has 0 bridgehead atoms. The molecular weight excluding hydrogens is 357 g/mol. The van der Waals surface area contributed by atoms with Crippen molar-refractivity contribution in [3.63, 3.8) is 0 Å². The van der Waals surface area contributed by atoms with Gasteiger partial charge in [-0.1, -0.05) is 30.3 Å². The Morgan fingerprint density at radius 1 is 0.963 bits per heavy atom. The molecule has 138 valence electrons. The van der Waals surface area contributed by atoms with Gasteiger partial charge in [0, 0.05) is 23.9 Å². The second-order valence-corrected chi connectivity index (χ2v) is 5.67. The number of nitrogens with zero attached hydrogens (tertiary/aromatic N) is 1. The summed E-state index contributed by atoms with van der Waals surface area (Å²) in [4.78, 5) is 16.5. The topological polar surface area (TPSA) is 51.2 Å². The minimum atomic E-state index is -4.73. The van der Waals surface area contributed by atoms with Crippen LogP contribution < -0.4 is 10.1 Å². The fourth-order valence-electron chi connectivity index (χ4n) is 2.42. The molecule has 27 heavy (non-hydrogen) atoms. The van der Waals surface area contributed by atoms with E-state index in [9.17, 15) is 18.0 Å². The molecule has 3 aromatic rings. The van der Waals surface area contributed by atoms with Crippen molar-refractivity contribution in [1.82, 2.24) is 10.3 Å². The summed E-state index contributed by atoms with van der Waals surface area (Å²) in [7, 11) is 0. The van der Waals surface area contributed by atoms with E-state index in [1.54, 1.807) is 30.5 Å². The Morgan fingerprint density at radius 2 is 1.67 bits per heavy atom. The van der Waals surface area contributed by atoms with Crippen LogP contribution in [-0.2, 0) is 6.54 Å². The van der Waals surface area contributed by atoms with Gasteiger partial charge in [-0.3, -0.25) is 9.78 Å². The lowest BCUT2D eigenvalue weighted by molar-refractivity contribution is -0.274. The molecule has 0 saturated heterocycles. The first-order valence-electron chi connectivity index (χ1n) is 8.05. The fourth-order valence-corrected chi connectivity index (χ4v) is 2.42. The van der Waals surface area contributed by atoms with Gasteiger partial charge in [0.2, 0.25) is 0 Å². The molecule has 1 heterocycles. The van der Waals surface area contributed by atoms with Crippen molar-refractivity contribution in [3.05, 3.63) is 84.1 Å². The average molecular weight is 372 g/mol. The number of nitrogens with one attached hydrogen (secondary N) is 1. The minimum absolute atomic E-state index is 0.188. The number of rotatable bonds is 5. The SMILES string of the molecule is O=C(NCc1ccc(OC(F)(F)F)cc1)c1ccc(-c2ccccn2)cc1. The Labute approximate surface area is 153 Å². The molecule has 1 N–H and O–H groups in total. The Kier molecular flexibility index (Phi) is 5.40. The molecule has 7 heteroatoms. The fraction of sp³-hybridized carbons (Fsp3) is 0.100. The molecule has 2 aromatic carbocycles. The van der Waals surface area contributed by atoms with Gasteiger partial charge >= 0.3 is 6.36 Å². The van der Waals surface area contributed by atoms with Gasteiger partial charge in [0.25, 0.3) is 5.91 Å². The summed E-state index contributed by atoms with van der Waals surface area (Å²) >= 11 is 0. The normalized spacial score (nSPS) is 11.1. The van der Waals surface area contributed by atoms with Crippen LogP contribution in [-0.4, -0.2) is 17.3 Å². The molecule has 0 spiro atoms. The number of halogens is 3. The Morgan fingerprint density at radius 3 is 2.26 bits per heavy atom. The lowest BCUT2D eigenvalue weighted by Gasteiger charge is -2.10. The number of ether oxygens (including phenoxy) is 1. The number of amides is 1. The van der Waals surface area contributed by atoms with Crippen LogP contribution in [0.5, 0.6) is 5.75 Å². The van der Waals surface area contributed by atoms with Crippen LogP contribution in [0.4, 0.5) is 13.2 Å². The zero-order valence-corrected chi connectivity index (χ0v) is 14.0. The number of pyridine rings is 1. The van der Waals surface area contributed by atoms with Crippen molar-refractivity contribution in [2.24, 2.45) is 0 Å². The highest BCUT2D eigenvalue weighted by atomic mass is 19.4.